The van der Waals surface area contributed by atoms with Gasteiger partial charge in [0.1, 0.15) is 0 Å². The van der Waals surface area contributed by atoms with E-state index in [0.29, 0.717) is 29.5 Å². The number of H-pyrrole nitrogens is 1. The van der Waals surface area contributed by atoms with Crippen LogP contribution in [0.4, 0.5) is 5.69 Å². The summed E-state index contributed by atoms with van der Waals surface area (Å²) in [5, 5.41) is 3.06. The van der Waals surface area contributed by atoms with Crippen LogP contribution in [0, 0.1) is 20.8 Å². The molecule has 0 unspecified atom stereocenters. The van der Waals surface area contributed by atoms with E-state index in [4.69, 9.17) is 4.74 Å². The van der Waals surface area contributed by atoms with Gasteiger partial charge in [-0.05, 0) is 93.0 Å². The second-order valence-electron chi connectivity index (χ2n) is 16.6. The second-order valence-corrected chi connectivity index (χ2v) is 16.6. The van der Waals surface area contributed by atoms with Crippen LogP contribution in [-0.4, -0.2) is 78.6 Å². The van der Waals surface area contributed by atoms with Gasteiger partial charge in [0.25, 0.3) is 11.5 Å². The minimum atomic E-state index is -0.189. The van der Waals surface area contributed by atoms with Gasteiger partial charge >= 0.3 is 0 Å². The van der Waals surface area contributed by atoms with Crippen LogP contribution >= 0.6 is 0 Å². The first kappa shape index (κ1) is 44.2. The van der Waals surface area contributed by atoms with Crippen molar-refractivity contribution in [1.29, 1.82) is 0 Å². The van der Waals surface area contributed by atoms with Gasteiger partial charge < -0.3 is 24.8 Å². The number of nitrogens with zero attached hydrogens (tertiary/aromatic N) is 3. The molecule has 2 aliphatic rings. The molecular formula is C48H71N5O4. The number of anilines is 1. The lowest BCUT2D eigenvalue weighted by Gasteiger charge is -2.37. The van der Waals surface area contributed by atoms with E-state index >= 15 is 0 Å². The van der Waals surface area contributed by atoms with Crippen LogP contribution in [0.3, 0.4) is 0 Å². The smallest absolute Gasteiger partial charge is 0.253 e. The predicted octanol–water partition coefficient (Wildman–Crippen LogP) is 9.25. The Hall–Kier alpha value is -3.95. The van der Waals surface area contributed by atoms with Crippen molar-refractivity contribution in [3.63, 3.8) is 0 Å². The van der Waals surface area contributed by atoms with Crippen LogP contribution in [-0.2, 0) is 22.6 Å². The number of aromatic nitrogens is 1. The first-order chi connectivity index (χ1) is 27.7. The molecule has 9 heteroatoms. The minimum Gasteiger partial charge on any atom is -0.381 e. The summed E-state index contributed by atoms with van der Waals surface area (Å²) in [7, 11) is 0. The fraction of sp³-hybridized carbons (Fsp3) is 0.604. The highest BCUT2D eigenvalue weighted by molar-refractivity contribution is 5.99. The number of hydrogen-bond acceptors (Lipinski definition) is 6. The van der Waals surface area contributed by atoms with Crippen molar-refractivity contribution in [3.8, 4) is 11.1 Å². The van der Waals surface area contributed by atoms with Gasteiger partial charge in [0.2, 0.25) is 5.91 Å². The Morgan fingerprint density at radius 2 is 1.44 bits per heavy atom. The molecule has 0 atom stereocenters. The molecule has 9 nitrogen and oxygen atoms in total. The van der Waals surface area contributed by atoms with Gasteiger partial charge in [-0.25, -0.2) is 0 Å². The highest BCUT2D eigenvalue weighted by Crippen LogP contribution is 2.34. The van der Waals surface area contributed by atoms with Crippen LogP contribution in [0.5, 0.6) is 0 Å². The Morgan fingerprint density at radius 3 is 2.05 bits per heavy atom. The normalized spacial score (nSPS) is 15.2. The van der Waals surface area contributed by atoms with Crippen molar-refractivity contribution >= 4 is 17.5 Å². The van der Waals surface area contributed by atoms with Gasteiger partial charge in [-0.3, -0.25) is 19.3 Å². The van der Waals surface area contributed by atoms with E-state index in [0.717, 1.165) is 105 Å². The number of hydrogen-bond donors (Lipinski definition) is 2. The Kier molecular flexibility index (Phi) is 17.7. The summed E-state index contributed by atoms with van der Waals surface area (Å²) < 4.78 is 5.70. The summed E-state index contributed by atoms with van der Waals surface area (Å²) in [5.41, 5.74) is 7.99. The van der Waals surface area contributed by atoms with E-state index < -0.39 is 0 Å². The average Bonchev–Trinajstić information content (AvgIpc) is 3.21. The quantitative estimate of drug-likeness (QED) is 0.105. The molecule has 2 aliphatic heterocycles. The third-order valence-corrected chi connectivity index (χ3v) is 12.2. The third kappa shape index (κ3) is 13.0. The first-order valence-electron chi connectivity index (χ1n) is 22.2. The maximum absolute atomic E-state index is 13.9. The fourth-order valence-corrected chi connectivity index (χ4v) is 8.70. The Labute approximate surface area is 342 Å². The number of unbranched alkanes of at least 4 members (excludes halogenated alkanes) is 10. The zero-order valence-corrected chi connectivity index (χ0v) is 35.9. The van der Waals surface area contributed by atoms with Crippen molar-refractivity contribution in [2.75, 3.05) is 50.8 Å². The molecule has 2 N–H and O–H groups in total. The van der Waals surface area contributed by atoms with Crippen LogP contribution in [0.15, 0.2) is 47.3 Å². The maximum atomic E-state index is 13.9. The van der Waals surface area contributed by atoms with Gasteiger partial charge in [0.05, 0.1) is 0 Å². The summed E-state index contributed by atoms with van der Waals surface area (Å²) in [4.78, 5) is 49.4. The van der Waals surface area contributed by atoms with E-state index in [1.54, 1.807) is 0 Å². The van der Waals surface area contributed by atoms with Crippen LogP contribution in [0.1, 0.15) is 142 Å². The largest absolute Gasteiger partial charge is 0.381 e. The van der Waals surface area contributed by atoms with E-state index in [1.807, 2.05) is 32.9 Å². The lowest BCUT2D eigenvalue weighted by Crippen LogP contribution is -2.48. The third-order valence-electron chi connectivity index (χ3n) is 12.2. The summed E-state index contributed by atoms with van der Waals surface area (Å²) in [6, 6.07) is 15.2. The molecule has 0 aliphatic carbocycles. The molecule has 312 valence electrons. The molecule has 1 aromatic heterocycles. The van der Waals surface area contributed by atoms with Gasteiger partial charge in [-0.1, -0.05) is 95.4 Å². The highest BCUT2D eigenvalue weighted by atomic mass is 16.5. The van der Waals surface area contributed by atoms with Crippen molar-refractivity contribution < 1.29 is 14.3 Å². The van der Waals surface area contributed by atoms with E-state index in [-0.39, 0.29) is 18.0 Å². The number of carbonyl (C=O) groups is 2. The zero-order chi connectivity index (χ0) is 40.6. The van der Waals surface area contributed by atoms with Gasteiger partial charge in [-0.15, -0.1) is 0 Å². The number of amides is 2. The molecule has 0 spiro atoms. The molecule has 2 aromatic carbocycles. The first-order valence-corrected chi connectivity index (χ1v) is 22.2. The molecule has 0 saturated carbocycles. The molecule has 2 fully saturated rings. The fourth-order valence-electron chi connectivity index (χ4n) is 8.70. The van der Waals surface area contributed by atoms with E-state index in [1.165, 1.54) is 69.8 Å². The topological polar surface area (TPSA) is 98.0 Å². The van der Waals surface area contributed by atoms with Crippen molar-refractivity contribution in [1.82, 2.24) is 20.1 Å². The van der Waals surface area contributed by atoms with Gasteiger partial charge in [-0.2, -0.15) is 0 Å². The highest BCUT2D eigenvalue weighted by Gasteiger charge is 2.26. The summed E-state index contributed by atoms with van der Waals surface area (Å²) >= 11 is 0. The van der Waals surface area contributed by atoms with E-state index in [9.17, 15) is 14.4 Å². The number of carbonyl (C=O) groups excluding carboxylic acids is 2. The van der Waals surface area contributed by atoms with Gasteiger partial charge in [0.15, 0.2) is 0 Å². The number of benzene rings is 2. The maximum Gasteiger partial charge on any atom is 0.253 e. The summed E-state index contributed by atoms with van der Waals surface area (Å²) in [5.74, 6) is 0.129. The predicted molar refractivity (Wildman–Crippen MR) is 234 cm³/mol. The monoisotopic (exact) mass is 782 g/mol. The summed E-state index contributed by atoms with van der Waals surface area (Å²) in [6.45, 7) is 16.9. The second kappa shape index (κ2) is 22.8. The Bertz CT molecular complexity index is 1770. The number of piperazine rings is 1. The zero-order valence-electron chi connectivity index (χ0n) is 35.9. The van der Waals surface area contributed by atoms with Crippen LogP contribution in [0.2, 0.25) is 0 Å². The number of aryl methyl sites for hydroxylation is 2. The lowest BCUT2D eigenvalue weighted by atomic mass is 9.94. The Morgan fingerprint density at radius 1 is 0.807 bits per heavy atom. The SMILES string of the molecule is CCCCCCCCCCCCCC(=O)N1CCN(Cc2ccc(-c3cc(C(=O)NCc4c(C)cc(C)[nH]c4=O)c(C)c(N(CC)C4CCOCC4)c3)cc2)CC1. The standard InChI is InChI=1S/C48H71N5O4/c1-6-8-9-10-11-12-13-14-15-16-17-18-46(54)52-27-25-51(26-28-52)35-39-19-21-40(22-20-39)41-32-43(47(55)49-34-44-36(3)31-37(4)50-48(44)56)38(5)45(33-41)53(7-2)42-23-29-57-30-24-42/h19-22,31-33,42H,6-18,23-30,34-35H2,1-5H3,(H,49,55)(H,50,56). The lowest BCUT2D eigenvalue weighted by molar-refractivity contribution is -0.133. The molecule has 0 radical (unpaired) electrons. The number of pyridine rings is 1. The molecule has 2 amide bonds. The number of aromatic amines is 1. The molecular weight excluding hydrogens is 711 g/mol. The summed E-state index contributed by atoms with van der Waals surface area (Å²) in [6.07, 6.45) is 16.9. The van der Waals surface area contributed by atoms with Crippen LogP contribution < -0.4 is 15.8 Å². The molecule has 57 heavy (non-hydrogen) atoms. The molecule has 3 aromatic rings. The molecule has 0 bridgehead atoms. The Balaban J connectivity index is 1.17. The van der Waals surface area contributed by atoms with E-state index in [2.05, 4.69) is 69.2 Å². The number of nitrogens with one attached hydrogen (secondary N) is 2. The minimum absolute atomic E-state index is 0.160. The van der Waals surface area contributed by atoms with Gasteiger partial charge in [0, 0.05) is 94.0 Å². The average molecular weight is 782 g/mol. The van der Waals surface area contributed by atoms with Crippen LogP contribution in [0.25, 0.3) is 11.1 Å². The molecule has 3 heterocycles. The number of rotatable bonds is 21. The molecule has 5 rings (SSSR count). The van der Waals surface area contributed by atoms with Crippen molar-refractivity contribution in [3.05, 3.63) is 86.3 Å². The van der Waals surface area contributed by atoms with Crippen molar-refractivity contribution in [2.45, 2.75) is 144 Å². The molecule has 2 saturated heterocycles. The van der Waals surface area contributed by atoms with Crippen molar-refractivity contribution in [2.24, 2.45) is 0 Å². The number of ether oxygens (including phenoxy) is 1.